The third kappa shape index (κ3) is 2.31. The lowest BCUT2D eigenvalue weighted by Crippen LogP contribution is -2.27. The molecule has 1 unspecified atom stereocenters. The van der Waals surface area contributed by atoms with Gasteiger partial charge in [-0.25, -0.2) is 0 Å². The zero-order valence-electron chi connectivity index (χ0n) is 7.21. The molecule has 1 atom stereocenters. The summed E-state index contributed by atoms with van der Waals surface area (Å²) in [7, 11) is 2.09. The average Bonchev–Trinajstić information content (AvgIpc) is 2.15. The van der Waals surface area contributed by atoms with Crippen LogP contribution in [0.4, 0.5) is 0 Å². The Morgan fingerprint density at radius 2 is 2.18 bits per heavy atom. The fourth-order valence-corrected chi connectivity index (χ4v) is 1.48. The summed E-state index contributed by atoms with van der Waals surface area (Å²) < 4.78 is 0. The Hall–Kier alpha value is -0.340. The molecule has 1 aliphatic heterocycles. The van der Waals surface area contributed by atoms with Crippen LogP contribution < -0.4 is 0 Å². The highest BCUT2D eigenvalue weighted by molar-refractivity contribution is 4.97. The summed E-state index contributed by atoms with van der Waals surface area (Å²) in [5, 5.41) is 9.83. The van der Waals surface area contributed by atoms with E-state index < -0.39 is 5.60 Å². The Morgan fingerprint density at radius 1 is 1.45 bits per heavy atom. The summed E-state index contributed by atoms with van der Waals surface area (Å²) in [5.41, 5.74) is -0.592. The highest BCUT2D eigenvalue weighted by atomic mass is 16.3. The number of hydrogen-bond donors (Lipinski definition) is 1. The van der Waals surface area contributed by atoms with Crippen molar-refractivity contribution in [2.75, 3.05) is 20.1 Å². The first-order valence-electron chi connectivity index (χ1n) is 4.21. The van der Waals surface area contributed by atoms with Crippen LogP contribution in [0, 0.1) is 0 Å². The molecule has 0 aliphatic carbocycles. The van der Waals surface area contributed by atoms with Gasteiger partial charge in [-0.05, 0) is 32.9 Å². The van der Waals surface area contributed by atoms with Crippen LogP contribution in [-0.4, -0.2) is 35.7 Å². The van der Waals surface area contributed by atoms with Crippen molar-refractivity contribution in [3.8, 4) is 0 Å². The van der Waals surface area contributed by atoms with Gasteiger partial charge in [0.1, 0.15) is 0 Å². The standard InChI is InChI=1S/C9H17NO/c1-3-9(11)5-4-7-10(2)8-6-9/h3,11H,1,4-8H2,2H3. The lowest BCUT2D eigenvalue weighted by Gasteiger charge is -2.21. The minimum atomic E-state index is -0.592. The van der Waals surface area contributed by atoms with Crippen molar-refractivity contribution in [3.63, 3.8) is 0 Å². The van der Waals surface area contributed by atoms with Gasteiger partial charge in [-0.15, -0.1) is 6.58 Å². The second kappa shape index (κ2) is 3.37. The molecule has 2 heteroatoms. The predicted octanol–water partition coefficient (Wildman–Crippen LogP) is 1.02. The Labute approximate surface area is 68.5 Å². The van der Waals surface area contributed by atoms with Gasteiger partial charge in [-0.3, -0.25) is 0 Å². The van der Waals surface area contributed by atoms with Crippen molar-refractivity contribution in [3.05, 3.63) is 12.7 Å². The Bertz CT molecular complexity index is 146. The molecule has 0 radical (unpaired) electrons. The molecule has 0 amide bonds. The van der Waals surface area contributed by atoms with Crippen LogP contribution in [0.15, 0.2) is 12.7 Å². The van der Waals surface area contributed by atoms with E-state index in [0.717, 1.165) is 32.4 Å². The van der Waals surface area contributed by atoms with E-state index in [1.807, 2.05) is 0 Å². The van der Waals surface area contributed by atoms with Gasteiger partial charge in [0.05, 0.1) is 5.60 Å². The zero-order chi connectivity index (χ0) is 8.32. The molecule has 0 aromatic rings. The monoisotopic (exact) mass is 155 g/mol. The molecule has 2 nitrogen and oxygen atoms in total. The van der Waals surface area contributed by atoms with Crippen molar-refractivity contribution in [1.82, 2.24) is 4.90 Å². The maximum absolute atomic E-state index is 9.83. The van der Waals surface area contributed by atoms with Crippen molar-refractivity contribution >= 4 is 0 Å². The molecule has 11 heavy (non-hydrogen) atoms. The van der Waals surface area contributed by atoms with Gasteiger partial charge in [0.25, 0.3) is 0 Å². The van der Waals surface area contributed by atoms with Gasteiger partial charge >= 0.3 is 0 Å². The predicted molar refractivity (Wildman–Crippen MR) is 46.5 cm³/mol. The normalized spacial score (nSPS) is 34.7. The molecule has 0 bridgehead atoms. The molecule has 1 heterocycles. The zero-order valence-corrected chi connectivity index (χ0v) is 7.21. The van der Waals surface area contributed by atoms with Gasteiger partial charge in [-0.2, -0.15) is 0 Å². The van der Waals surface area contributed by atoms with E-state index in [1.165, 1.54) is 0 Å². The van der Waals surface area contributed by atoms with Crippen molar-refractivity contribution in [1.29, 1.82) is 0 Å². The van der Waals surface area contributed by atoms with Crippen molar-refractivity contribution in [2.24, 2.45) is 0 Å². The first kappa shape index (κ1) is 8.75. The largest absolute Gasteiger partial charge is 0.386 e. The number of hydrogen-bond acceptors (Lipinski definition) is 2. The first-order valence-corrected chi connectivity index (χ1v) is 4.21. The summed E-state index contributed by atoms with van der Waals surface area (Å²) in [4.78, 5) is 2.25. The lowest BCUT2D eigenvalue weighted by atomic mass is 9.95. The van der Waals surface area contributed by atoms with E-state index in [1.54, 1.807) is 6.08 Å². The highest BCUT2D eigenvalue weighted by Gasteiger charge is 2.25. The van der Waals surface area contributed by atoms with E-state index >= 15 is 0 Å². The molecule has 1 saturated heterocycles. The molecule has 1 fully saturated rings. The van der Waals surface area contributed by atoms with E-state index in [0.29, 0.717) is 0 Å². The summed E-state index contributed by atoms with van der Waals surface area (Å²) in [6.07, 6.45) is 4.44. The Balaban J connectivity index is 2.51. The summed E-state index contributed by atoms with van der Waals surface area (Å²) in [6.45, 7) is 5.72. The average molecular weight is 155 g/mol. The summed E-state index contributed by atoms with van der Waals surface area (Å²) in [5.74, 6) is 0. The van der Waals surface area contributed by atoms with Crippen LogP contribution in [0.25, 0.3) is 0 Å². The quantitative estimate of drug-likeness (QED) is 0.571. The Morgan fingerprint density at radius 3 is 2.82 bits per heavy atom. The molecular formula is C9H17NO. The van der Waals surface area contributed by atoms with Gasteiger partial charge in [0.15, 0.2) is 0 Å². The maximum atomic E-state index is 9.83. The van der Waals surface area contributed by atoms with E-state index in [2.05, 4.69) is 18.5 Å². The second-order valence-corrected chi connectivity index (χ2v) is 3.46. The lowest BCUT2D eigenvalue weighted by molar-refractivity contribution is 0.0759. The SMILES string of the molecule is C=CC1(O)CCCN(C)CC1. The fourth-order valence-electron chi connectivity index (χ4n) is 1.48. The van der Waals surface area contributed by atoms with Crippen LogP contribution in [0.1, 0.15) is 19.3 Å². The molecule has 0 aromatic heterocycles. The molecule has 0 spiro atoms. The van der Waals surface area contributed by atoms with Crippen LogP contribution >= 0.6 is 0 Å². The third-order valence-electron chi connectivity index (χ3n) is 2.46. The van der Waals surface area contributed by atoms with Crippen LogP contribution in [-0.2, 0) is 0 Å². The van der Waals surface area contributed by atoms with Gasteiger partial charge in [-0.1, -0.05) is 6.08 Å². The van der Waals surface area contributed by atoms with Crippen molar-refractivity contribution < 1.29 is 5.11 Å². The van der Waals surface area contributed by atoms with E-state index in [4.69, 9.17) is 0 Å². The van der Waals surface area contributed by atoms with Crippen molar-refractivity contribution in [2.45, 2.75) is 24.9 Å². The van der Waals surface area contributed by atoms with Gasteiger partial charge < -0.3 is 10.0 Å². The molecule has 0 saturated carbocycles. The molecule has 1 rings (SSSR count). The molecule has 1 N–H and O–H groups in total. The minimum absolute atomic E-state index is 0.592. The fraction of sp³-hybridized carbons (Fsp3) is 0.778. The number of rotatable bonds is 1. The third-order valence-corrected chi connectivity index (χ3v) is 2.46. The number of aliphatic hydroxyl groups is 1. The Kier molecular flexibility index (Phi) is 2.68. The van der Waals surface area contributed by atoms with Crippen LogP contribution in [0.5, 0.6) is 0 Å². The van der Waals surface area contributed by atoms with Crippen LogP contribution in [0.2, 0.25) is 0 Å². The summed E-state index contributed by atoms with van der Waals surface area (Å²) >= 11 is 0. The first-order chi connectivity index (χ1) is 5.16. The minimum Gasteiger partial charge on any atom is -0.386 e. The number of likely N-dealkylation sites (tertiary alicyclic amines) is 1. The topological polar surface area (TPSA) is 23.5 Å². The highest BCUT2D eigenvalue weighted by Crippen LogP contribution is 2.22. The smallest absolute Gasteiger partial charge is 0.0837 e. The summed E-state index contributed by atoms with van der Waals surface area (Å²) in [6, 6.07) is 0. The van der Waals surface area contributed by atoms with E-state index in [-0.39, 0.29) is 0 Å². The maximum Gasteiger partial charge on any atom is 0.0837 e. The van der Waals surface area contributed by atoms with Crippen LogP contribution in [0.3, 0.4) is 0 Å². The second-order valence-electron chi connectivity index (χ2n) is 3.46. The van der Waals surface area contributed by atoms with Gasteiger partial charge in [0, 0.05) is 6.54 Å². The molecule has 1 aliphatic rings. The number of nitrogens with zero attached hydrogens (tertiary/aromatic N) is 1. The van der Waals surface area contributed by atoms with E-state index in [9.17, 15) is 5.11 Å². The van der Waals surface area contributed by atoms with Gasteiger partial charge in [0.2, 0.25) is 0 Å². The molecule has 64 valence electrons. The molecular weight excluding hydrogens is 138 g/mol. The molecule has 0 aromatic carbocycles.